The number of nitriles is 1. The fraction of sp³-hybridized carbons (Fsp3) is 0.273. The molecule has 0 fully saturated rings. The van der Waals surface area contributed by atoms with Crippen LogP contribution in [0.25, 0.3) is 0 Å². The fourth-order valence-corrected chi connectivity index (χ4v) is 1.33. The lowest BCUT2D eigenvalue weighted by Gasteiger charge is -2.14. The van der Waals surface area contributed by atoms with Crippen LogP contribution in [0.15, 0.2) is 12.1 Å². The summed E-state index contributed by atoms with van der Waals surface area (Å²) in [7, 11) is 0.929. The Morgan fingerprint density at radius 1 is 1.29 bits per heavy atom. The maximum absolute atomic E-state index is 12.2. The van der Waals surface area contributed by atoms with E-state index in [0.29, 0.717) is 12.1 Å². The van der Waals surface area contributed by atoms with Crippen molar-refractivity contribution in [2.24, 2.45) is 0 Å². The molecule has 1 aromatic rings. The van der Waals surface area contributed by atoms with E-state index in [4.69, 9.17) is 5.26 Å². The first-order chi connectivity index (χ1) is 9.67. The summed E-state index contributed by atoms with van der Waals surface area (Å²) in [5.74, 6) is -3.20. The molecular formula is C11H6F5NO4. The molecule has 0 radical (unpaired) electrons. The second kappa shape index (κ2) is 6.25. The zero-order valence-electron chi connectivity index (χ0n) is 10.2. The van der Waals surface area contributed by atoms with Crippen LogP contribution in [0.4, 0.5) is 22.0 Å². The Labute approximate surface area is 114 Å². The van der Waals surface area contributed by atoms with Gasteiger partial charge in [-0.05, 0) is 12.1 Å². The standard InChI is InChI=1S/C11H6F5NO4/c1-19-9(18)5-2-7(20-10(12)13)6(4-17)8(3-5)21-11(14,15)16/h2-3,10H,1H3. The molecule has 114 valence electrons. The highest BCUT2D eigenvalue weighted by Crippen LogP contribution is 2.34. The first-order valence-corrected chi connectivity index (χ1v) is 5.05. The summed E-state index contributed by atoms with van der Waals surface area (Å²) >= 11 is 0. The summed E-state index contributed by atoms with van der Waals surface area (Å²) in [6, 6.07) is 2.43. The zero-order valence-corrected chi connectivity index (χ0v) is 10.2. The Balaban J connectivity index is 3.44. The van der Waals surface area contributed by atoms with Gasteiger partial charge in [0.2, 0.25) is 0 Å². The lowest BCUT2D eigenvalue weighted by molar-refractivity contribution is -0.274. The number of halogens is 5. The van der Waals surface area contributed by atoms with Gasteiger partial charge in [0.15, 0.2) is 5.75 Å². The molecule has 0 aliphatic carbocycles. The van der Waals surface area contributed by atoms with Gasteiger partial charge in [-0.2, -0.15) is 14.0 Å². The normalized spacial score (nSPS) is 11.0. The Hall–Kier alpha value is -2.57. The summed E-state index contributed by atoms with van der Waals surface area (Å²) in [6.07, 6.45) is -5.19. The van der Waals surface area contributed by atoms with Crippen LogP contribution in [-0.2, 0) is 4.74 Å². The van der Waals surface area contributed by atoms with Gasteiger partial charge in [0.05, 0.1) is 12.7 Å². The minimum atomic E-state index is -5.19. The quantitative estimate of drug-likeness (QED) is 0.632. The molecule has 0 aliphatic rings. The molecule has 0 saturated carbocycles. The van der Waals surface area contributed by atoms with Gasteiger partial charge in [-0.15, -0.1) is 13.2 Å². The molecule has 21 heavy (non-hydrogen) atoms. The molecule has 0 atom stereocenters. The van der Waals surface area contributed by atoms with Gasteiger partial charge in [0, 0.05) is 0 Å². The van der Waals surface area contributed by atoms with Crippen molar-refractivity contribution in [3.05, 3.63) is 23.3 Å². The second-order valence-corrected chi connectivity index (χ2v) is 3.38. The van der Waals surface area contributed by atoms with Gasteiger partial charge in [0.25, 0.3) is 0 Å². The maximum atomic E-state index is 12.2. The van der Waals surface area contributed by atoms with Crippen LogP contribution in [-0.4, -0.2) is 26.1 Å². The monoisotopic (exact) mass is 311 g/mol. The molecule has 0 saturated heterocycles. The highest BCUT2D eigenvalue weighted by atomic mass is 19.4. The van der Waals surface area contributed by atoms with Crippen molar-refractivity contribution in [3.63, 3.8) is 0 Å². The lowest BCUT2D eigenvalue weighted by atomic mass is 10.1. The number of benzene rings is 1. The number of carbonyl (C=O) groups is 1. The fourth-order valence-electron chi connectivity index (χ4n) is 1.33. The molecule has 0 aliphatic heterocycles. The smallest absolute Gasteiger partial charge is 0.465 e. The van der Waals surface area contributed by atoms with E-state index in [9.17, 15) is 26.7 Å². The molecule has 0 aromatic heterocycles. The summed E-state index contributed by atoms with van der Waals surface area (Å²) in [5.41, 5.74) is -1.48. The predicted molar refractivity (Wildman–Crippen MR) is 55.8 cm³/mol. The molecule has 1 rings (SSSR count). The van der Waals surface area contributed by atoms with E-state index in [-0.39, 0.29) is 0 Å². The average molecular weight is 311 g/mol. The van der Waals surface area contributed by atoms with E-state index in [0.717, 1.165) is 7.11 Å². The lowest BCUT2D eigenvalue weighted by Crippen LogP contribution is -2.19. The van der Waals surface area contributed by atoms with Crippen LogP contribution in [0.2, 0.25) is 0 Å². The number of rotatable bonds is 4. The molecule has 0 N–H and O–H groups in total. The molecule has 0 bridgehead atoms. The van der Waals surface area contributed by atoms with E-state index >= 15 is 0 Å². The third-order valence-corrected chi connectivity index (χ3v) is 2.04. The van der Waals surface area contributed by atoms with E-state index in [1.54, 1.807) is 0 Å². The minimum Gasteiger partial charge on any atom is -0.465 e. The largest absolute Gasteiger partial charge is 0.573 e. The highest BCUT2D eigenvalue weighted by Gasteiger charge is 2.34. The van der Waals surface area contributed by atoms with Crippen molar-refractivity contribution in [1.29, 1.82) is 5.26 Å². The van der Waals surface area contributed by atoms with Crippen molar-refractivity contribution in [2.45, 2.75) is 13.0 Å². The Morgan fingerprint density at radius 2 is 1.86 bits per heavy atom. The third-order valence-electron chi connectivity index (χ3n) is 2.04. The van der Waals surface area contributed by atoms with Crippen molar-refractivity contribution in [3.8, 4) is 17.6 Å². The van der Waals surface area contributed by atoms with Gasteiger partial charge >= 0.3 is 18.9 Å². The molecule has 0 amide bonds. The number of carbonyl (C=O) groups excluding carboxylic acids is 1. The number of ether oxygens (including phenoxy) is 3. The predicted octanol–water partition coefficient (Wildman–Crippen LogP) is 2.84. The van der Waals surface area contributed by atoms with E-state index in [1.165, 1.54) is 6.07 Å². The third kappa shape index (κ3) is 4.48. The zero-order chi connectivity index (χ0) is 16.2. The Kier molecular flexibility index (Phi) is 4.91. The van der Waals surface area contributed by atoms with Gasteiger partial charge in [-0.1, -0.05) is 0 Å². The van der Waals surface area contributed by atoms with Gasteiger partial charge < -0.3 is 14.2 Å². The van der Waals surface area contributed by atoms with Gasteiger partial charge in [0.1, 0.15) is 17.4 Å². The van der Waals surface area contributed by atoms with Gasteiger partial charge in [-0.3, -0.25) is 0 Å². The van der Waals surface area contributed by atoms with Gasteiger partial charge in [-0.25, -0.2) is 4.79 Å². The molecular weight excluding hydrogens is 305 g/mol. The van der Waals surface area contributed by atoms with Crippen LogP contribution >= 0.6 is 0 Å². The summed E-state index contributed by atoms with van der Waals surface area (Å²) in [4.78, 5) is 11.3. The topological polar surface area (TPSA) is 68.5 Å². The Bertz CT molecular complexity index is 579. The van der Waals surface area contributed by atoms with E-state index in [2.05, 4.69) is 14.2 Å². The number of alkyl halides is 5. The number of hydrogen-bond acceptors (Lipinski definition) is 5. The van der Waals surface area contributed by atoms with E-state index in [1.807, 2.05) is 0 Å². The van der Waals surface area contributed by atoms with Crippen molar-refractivity contribution < 1.29 is 41.0 Å². The molecule has 0 heterocycles. The van der Waals surface area contributed by atoms with Crippen molar-refractivity contribution in [2.75, 3.05) is 7.11 Å². The van der Waals surface area contributed by atoms with Crippen LogP contribution in [0.3, 0.4) is 0 Å². The van der Waals surface area contributed by atoms with Crippen LogP contribution < -0.4 is 9.47 Å². The SMILES string of the molecule is COC(=O)c1cc(OC(F)F)c(C#N)c(OC(F)(F)F)c1. The Morgan fingerprint density at radius 3 is 2.29 bits per heavy atom. The minimum absolute atomic E-state index is 0.538. The van der Waals surface area contributed by atoms with E-state index < -0.39 is 41.6 Å². The summed E-state index contributed by atoms with van der Waals surface area (Å²) in [6.45, 7) is -3.41. The number of methoxy groups -OCH3 is 1. The first-order valence-electron chi connectivity index (χ1n) is 5.05. The molecule has 10 heteroatoms. The van der Waals surface area contributed by atoms with Crippen LogP contribution in [0.5, 0.6) is 11.5 Å². The van der Waals surface area contributed by atoms with Crippen molar-refractivity contribution >= 4 is 5.97 Å². The summed E-state index contributed by atoms with van der Waals surface area (Å²) in [5, 5.41) is 8.76. The first kappa shape index (κ1) is 16.5. The molecule has 0 spiro atoms. The summed E-state index contributed by atoms with van der Waals surface area (Å²) < 4.78 is 72.8. The average Bonchev–Trinajstić information content (AvgIpc) is 2.34. The number of esters is 1. The number of hydrogen-bond donors (Lipinski definition) is 0. The maximum Gasteiger partial charge on any atom is 0.573 e. The second-order valence-electron chi connectivity index (χ2n) is 3.38. The molecule has 5 nitrogen and oxygen atoms in total. The molecule has 0 unspecified atom stereocenters. The van der Waals surface area contributed by atoms with Crippen LogP contribution in [0, 0.1) is 11.3 Å². The highest BCUT2D eigenvalue weighted by molar-refractivity contribution is 5.91. The number of nitrogens with zero attached hydrogens (tertiary/aromatic N) is 1. The van der Waals surface area contributed by atoms with Crippen molar-refractivity contribution in [1.82, 2.24) is 0 Å². The van der Waals surface area contributed by atoms with Crippen LogP contribution in [0.1, 0.15) is 15.9 Å². The molecule has 1 aromatic carbocycles.